The monoisotopic (exact) mass is 236 g/mol. The Morgan fingerprint density at radius 3 is 2.79 bits per heavy atom. The van der Waals surface area contributed by atoms with E-state index in [0.29, 0.717) is 6.10 Å². The Kier molecular flexibility index (Phi) is 6.62. The highest BCUT2D eigenvalue weighted by atomic mass is 35.5. The fourth-order valence-electron chi connectivity index (χ4n) is 1.32. The number of pyridine rings is 1. The van der Waals surface area contributed by atoms with E-state index in [1.807, 2.05) is 18.2 Å². The zero-order valence-corrected chi connectivity index (χ0v) is 9.31. The summed E-state index contributed by atoms with van der Waals surface area (Å²) in [6.45, 7) is 1.99. The average molecular weight is 237 g/mol. The van der Waals surface area contributed by atoms with Crippen LogP contribution in [0.1, 0.15) is 6.42 Å². The van der Waals surface area contributed by atoms with Gasteiger partial charge in [-0.3, -0.25) is 0 Å². The van der Waals surface area contributed by atoms with Gasteiger partial charge in [-0.05, 0) is 19.0 Å². The Hall–Kier alpha value is -0.510. The Bertz CT molecular complexity index is 240. The van der Waals surface area contributed by atoms with Gasteiger partial charge in [0.2, 0.25) is 5.88 Å². The third kappa shape index (κ3) is 3.70. The fourth-order valence-corrected chi connectivity index (χ4v) is 1.32. The molecule has 0 amide bonds. The Morgan fingerprint density at radius 2 is 2.21 bits per heavy atom. The van der Waals surface area contributed by atoms with E-state index in [2.05, 4.69) is 10.3 Å². The lowest BCUT2D eigenvalue weighted by atomic mass is 10.3. The number of nitrogens with zero attached hydrogens (tertiary/aromatic N) is 1. The predicted molar refractivity (Wildman–Crippen MR) is 60.6 cm³/mol. The molecule has 1 aromatic rings. The number of hydrogen-bond donors (Lipinski definition) is 1. The van der Waals surface area contributed by atoms with Gasteiger partial charge in [-0.1, -0.05) is 6.07 Å². The van der Waals surface area contributed by atoms with Gasteiger partial charge in [0.25, 0.3) is 0 Å². The summed E-state index contributed by atoms with van der Waals surface area (Å²) in [5.74, 6) is 0.728. The van der Waals surface area contributed by atoms with E-state index in [9.17, 15) is 0 Å². The number of nitrogens with one attached hydrogen (secondary N) is 1. The summed E-state index contributed by atoms with van der Waals surface area (Å²) in [5.41, 5.74) is 0. The number of halogens is 2. The molecule has 3 nitrogen and oxygen atoms in total. The van der Waals surface area contributed by atoms with Crippen molar-refractivity contribution in [1.82, 2.24) is 10.3 Å². The molecule has 1 N–H and O–H groups in total. The molecule has 2 heterocycles. The van der Waals surface area contributed by atoms with E-state index in [-0.39, 0.29) is 24.8 Å². The highest BCUT2D eigenvalue weighted by Crippen LogP contribution is 2.10. The van der Waals surface area contributed by atoms with E-state index in [1.165, 1.54) is 0 Å². The molecule has 0 saturated carbocycles. The first-order chi connectivity index (χ1) is 5.95. The maximum atomic E-state index is 5.60. The van der Waals surface area contributed by atoms with Crippen molar-refractivity contribution in [2.45, 2.75) is 12.5 Å². The third-order valence-electron chi connectivity index (χ3n) is 1.94. The van der Waals surface area contributed by atoms with Gasteiger partial charge in [0.05, 0.1) is 0 Å². The van der Waals surface area contributed by atoms with Crippen molar-refractivity contribution in [3.05, 3.63) is 24.4 Å². The minimum Gasteiger partial charge on any atom is -0.473 e. The minimum absolute atomic E-state index is 0. The van der Waals surface area contributed by atoms with Gasteiger partial charge in [0.1, 0.15) is 6.10 Å². The van der Waals surface area contributed by atoms with Crippen LogP contribution in [-0.4, -0.2) is 24.2 Å². The van der Waals surface area contributed by atoms with Gasteiger partial charge >= 0.3 is 0 Å². The van der Waals surface area contributed by atoms with E-state index in [4.69, 9.17) is 4.74 Å². The quantitative estimate of drug-likeness (QED) is 0.849. The van der Waals surface area contributed by atoms with Gasteiger partial charge in [-0.2, -0.15) is 0 Å². The third-order valence-corrected chi connectivity index (χ3v) is 1.94. The van der Waals surface area contributed by atoms with Crippen molar-refractivity contribution >= 4 is 24.8 Å². The van der Waals surface area contributed by atoms with Crippen LogP contribution in [0.15, 0.2) is 24.4 Å². The molecule has 1 aliphatic heterocycles. The molecule has 1 aliphatic rings. The Labute approximate surface area is 96.1 Å². The van der Waals surface area contributed by atoms with Crippen molar-refractivity contribution in [3.63, 3.8) is 0 Å². The van der Waals surface area contributed by atoms with Crippen LogP contribution in [0.25, 0.3) is 0 Å². The molecule has 2 rings (SSSR count). The highest BCUT2D eigenvalue weighted by Gasteiger charge is 2.15. The standard InChI is InChI=1S/C9H12N2O.2ClH/c1-2-5-11-9(3-1)12-8-4-6-10-7-8;;/h1-3,5,8,10H,4,6-7H2;2*1H/t8-;;/m1../s1. The summed E-state index contributed by atoms with van der Waals surface area (Å²) in [6.07, 6.45) is 3.13. The van der Waals surface area contributed by atoms with Gasteiger partial charge in [-0.25, -0.2) is 4.98 Å². The SMILES string of the molecule is Cl.Cl.c1ccc(O[C@@H]2CCNC2)nc1. The largest absolute Gasteiger partial charge is 0.473 e. The molecule has 0 aliphatic carbocycles. The first-order valence-electron chi connectivity index (χ1n) is 4.23. The summed E-state index contributed by atoms with van der Waals surface area (Å²) >= 11 is 0. The predicted octanol–water partition coefficient (Wildman–Crippen LogP) is 1.67. The van der Waals surface area contributed by atoms with Crippen molar-refractivity contribution < 1.29 is 4.74 Å². The zero-order chi connectivity index (χ0) is 8.23. The molecule has 1 aromatic heterocycles. The fraction of sp³-hybridized carbons (Fsp3) is 0.444. The lowest BCUT2D eigenvalue weighted by Gasteiger charge is -2.10. The molecule has 1 saturated heterocycles. The van der Waals surface area contributed by atoms with Crippen LogP contribution >= 0.6 is 24.8 Å². The first-order valence-corrected chi connectivity index (χ1v) is 4.23. The Balaban J connectivity index is 0.000000845. The van der Waals surface area contributed by atoms with Crippen LogP contribution in [0, 0.1) is 0 Å². The van der Waals surface area contributed by atoms with E-state index in [0.717, 1.165) is 25.4 Å². The number of aromatic nitrogens is 1. The molecule has 5 heteroatoms. The molecule has 0 spiro atoms. The molecular formula is C9H14Cl2N2O. The maximum Gasteiger partial charge on any atom is 0.213 e. The van der Waals surface area contributed by atoms with Gasteiger partial charge in [0.15, 0.2) is 0 Å². The summed E-state index contributed by atoms with van der Waals surface area (Å²) in [7, 11) is 0. The molecule has 0 radical (unpaired) electrons. The first kappa shape index (κ1) is 13.5. The number of rotatable bonds is 2. The van der Waals surface area contributed by atoms with Crippen molar-refractivity contribution in [2.24, 2.45) is 0 Å². The smallest absolute Gasteiger partial charge is 0.213 e. The molecule has 14 heavy (non-hydrogen) atoms. The summed E-state index contributed by atoms with van der Waals surface area (Å²) in [4.78, 5) is 4.09. The van der Waals surface area contributed by atoms with E-state index in [1.54, 1.807) is 6.20 Å². The van der Waals surface area contributed by atoms with Crippen molar-refractivity contribution in [3.8, 4) is 5.88 Å². The average Bonchev–Trinajstić information content (AvgIpc) is 2.59. The van der Waals surface area contributed by atoms with Crippen LogP contribution in [0.5, 0.6) is 5.88 Å². The van der Waals surface area contributed by atoms with Crippen molar-refractivity contribution in [1.29, 1.82) is 0 Å². The summed E-state index contributed by atoms with van der Waals surface area (Å²) < 4.78 is 5.60. The van der Waals surface area contributed by atoms with Crippen molar-refractivity contribution in [2.75, 3.05) is 13.1 Å². The molecule has 0 aromatic carbocycles. The number of ether oxygens (including phenoxy) is 1. The van der Waals surface area contributed by atoms with Crippen LogP contribution in [0.2, 0.25) is 0 Å². The summed E-state index contributed by atoms with van der Waals surface area (Å²) in [6, 6.07) is 5.71. The second-order valence-electron chi connectivity index (χ2n) is 2.90. The lowest BCUT2D eigenvalue weighted by molar-refractivity contribution is 0.214. The number of hydrogen-bond acceptors (Lipinski definition) is 3. The second-order valence-corrected chi connectivity index (χ2v) is 2.90. The van der Waals surface area contributed by atoms with E-state index < -0.39 is 0 Å². The maximum absolute atomic E-state index is 5.60. The molecule has 1 fully saturated rings. The lowest BCUT2D eigenvalue weighted by Crippen LogP contribution is -2.19. The molecule has 0 bridgehead atoms. The topological polar surface area (TPSA) is 34.1 Å². The van der Waals surface area contributed by atoms with Crippen LogP contribution in [-0.2, 0) is 0 Å². The Morgan fingerprint density at radius 1 is 1.36 bits per heavy atom. The molecule has 0 unspecified atom stereocenters. The molecule has 80 valence electrons. The van der Waals surface area contributed by atoms with E-state index >= 15 is 0 Å². The molecular weight excluding hydrogens is 223 g/mol. The second kappa shape index (κ2) is 6.87. The van der Waals surface area contributed by atoms with Gasteiger partial charge in [-0.15, -0.1) is 24.8 Å². The summed E-state index contributed by atoms with van der Waals surface area (Å²) in [5, 5.41) is 3.24. The van der Waals surface area contributed by atoms with Gasteiger partial charge < -0.3 is 10.1 Å². The van der Waals surface area contributed by atoms with Crippen LogP contribution in [0.4, 0.5) is 0 Å². The molecule has 1 atom stereocenters. The highest BCUT2D eigenvalue weighted by molar-refractivity contribution is 5.85. The van der Waals surface area contributed by atoms with Crippen LogP contribution < -0.4 is 10.1 Å². The zero-order valence-electron chi connectivity index (χ0n) is 7.68. The van der Waals surface area contributed by atoms with Gasteiger partial charge in [0, 0.05) is 18.8 Å². The normalized spacial score (nSPS) is 19.3. The minimum atomic E-state index is 0. The van der Waals surface area contributed by atoms with Crippen LogP contribution in [0.3, 0.4) is 0 Å².